The number of amides is 2. The maximum Gasteiger partial charge on any atom is 0.226 e. The van der Waals surface area contributed by atoms with Crippen LogP contribution in [0.3, 0.4) is 0 Å². The molecule has 1 heterocycles. The van der Waals surface area contributed by atoms with Gasteiger partial charge >= 0.3 is 0 Å². The molecule has 3 fully saturated rings. The molecule has 5 nitrogen and oxygen atoms in total. The predicted molar refractivity (Wildman–Crippen MR) is 102 cm³/mol. The molecule has 2 aliphatic carbocycles. The van der Waals surface area contributed by atoms with Gasteiger partial charge in [-0.3, -0.25) is 9.59 Å². The molecule has 1 aliphatic heterocycles. The normalized spacial score (nSPS) is 26.0. The highest BCUT2D eigenvalue weighted by atomic mass is 19.1. The second-order valence-corrected chi connectivity index (χ2v) is 8.08. The molecule has 2 atom stereocenters. The SMILES string of the molecule is O=C(NC1CCCCC1)C1CC1C(=O)N1CCN(c2ccc(F)cc2)CC1. The molecule has 0 bridgehead atoms. The molecule has 2 saturated carbocycles. The minimum Gasteiger partial charge on any atom is -0.368 e. The van der Waals surface area contributed by atoms with E-state index in [-0.39, 0.29) is 29.5 Å². The highest BCUT2D eigenvalue weighted by Crippen LogP contribution is 2.40. The molecule has 2 unspecified atom stereocenters. The maximum atomic E-state index is 13.1. The number of hydrogen-bond donors (Lipinski definition) is 1. The van der Waals surface area contributed by atoms with Crippen molar-refractivity contribution in [1.82, 2.24) is 10.2 Å². The first kappa shape index (κ1) is 18.3. The molecule has 0 radical (unpaired) electrons. The minimum absolute atomic E-state index is 0.0743. The molecule has 1 aromatic carbocycles. The van der Waals surface area contributed by atoms with Gasteiger partial charge in [-0.25, -0.2) is 4.39 Å². The summed E-state index contributed by atoms with van der Waals surface area (Å²) in [4.78, 5) is 29.2. The largest absolute Gasteiger partial charge is 0.368 e. The molecular formula is C21H28FN3O2. The van der Waals surface area contributed by atoms with E-state index in [2.05, 4.69) is 10.2 Å². The van der Waals surface area contributed by atoms with Crippen molar-refractivity contribution < 1.29 is 14.0 Å². The van der Waals surface area contributed by atoms with E-state index < -0.39 is 0 Å². The van der Waals surface area contributed by atoms with Gasteiger partial charge in [0.05, 0.1) is 11.8 Å². The maximum absolute atomic E-state index is 13.1. The molecule has 4 rings (SSSR count). The second kappa shape index (κ2) is 7.87. The van der Waals surface area contributed by atoms with Crippen molar-refractivity contribution in [2.75, 3.05) is 31.1 Å². The fraction of sp³-hybridized carbons (Fsp3) is 0.619. The first-order chi connectivity index (χ1) is 13.1. The van der Waals surface area contributed by atoms with E-state index in [4.69, 9.17) is 0 Å². The van der Waals surface area contributed by atoms with E-state index in [0.29, 0.717) is 25.6 Å². The van der Waals surface area contributed by atoms with Gasteiger partial charge in [0, 0.05) is 37.9 Å². The van der Waals surface area contributed by atoms with Crippen LogP contribution >= 0.6 is 0 Å². The van der Waals surface area contributed by atoms with Crippen LogP contribution in [0, 0.1) is 17.7 Å². The quantitative estimate of drug-likeness (QED) is 0.883. The Bertz CT molecular complexity index is 679. The predicted octanol–water partition coefficient (Wildman–Crippen LogP) is 2.56. The van der Waals surface area contributed by atoms with Crippen LogP contribution in [0.25, 0.3) is 0 Å². The Labute approximate surface area is 159 Å². The molecule has 1 N–H and O–H groups in total. The molecule has 1 saturated heterocycles. The monoisotopic (exact) mass is 373 g/mol. The van der Waals surface area contributed by atoms with Crippen LogP contribution in [-0.2, 0) is 9.59 Å². The number of nitrogens with zero attached hydrogens (tertiary/aromatic N) is 2. The van der Waals surface area contributed by atoms with E-state index in [1.54, 1.807) is 12.1 Å². The summed E-state index contributed by atoms with van der Waals surface area (Å²) in [6, 6.07) is 6.79. The molecule has 1 aromatic rings. The van der Waals surface area contributed by atoms with Crippen molar-refractivity contribution in [3.63, 3.8) is 0 Å². The Hall–Kier alpha value is -2.11. The summed E-state index contributed by atoms with van der Waals surface area (Å²) in [6.07, 6.45) is 6.48. The van der Waals surface area contributed by atoms with Gasteiger partial charge in [-0.15, -0.1) is 0 Å². The van der Waals surface area contributed by atoms with Crippen molar-refractivity contribution in [1.29, 1.82) is 0 Å². The zero-order valence-electron chi connectivity index (χ0n) is 15.7. The number of hydrogen-bond acceptors (Lipinski definition) is 3. The Kier molecular flexibility index (Phi) is 5.32. The number of benzene rings is 1. The summed E-state index contributed by atoms with van der Waals surface area (Å²) in [5.41, 5.74) is 0.986. The summed E-state index contributed by atoms with van der Waals surface area (Å²) < 4.78 is 13.1. The van der Waals surface area contributed by atoms with Crippen molar-refractivity contribution in [2.24, 2.45) is 11.8 Å². The van der Waals surface area contributed by atoms with Gasteiger partial charge in [-0.05, 0) is 43.5 Å². The van der Waals surface area contributed by atoms with E-state index in [1.165, 1.54) is 31.4 Å². The Morgan fingerprint density at radius 1 is 0.926 bits per heavy atom. The number of carbonyl (C=O) groups excluding carboxylic acids is 2. The van der Waals surface area contributed by atoms with Crippen LogP contribution in [0.1, 0.15) is 38.5 Å². The smallest absolute Gasteiger partial charge is 0.226 e. The lowest BCUT2D eigenvalue weighted by molar-refractivity contribution is -0.135. The summed E-state index contributed by atoms with van der Waals surface area (Å²) in [5.74, 6) is -0.304. The lowest BCUT2D eigenvalue weighted by Gasteiger charge is -2.36. The van der Waals surface area contributed by atoms with E-state index in [9.17, 15) is 14.0 Å². The highest BCUT2D eigenvalue weighted by Gasteiger charge is 2.50. The molecule has 2 amide bonds. The third-order valence-electron chi connectivity index (χ3n) is 6.18. The van der Waals surface area contributed by atoms with E-state index >= 15 is 0 Å². The lowest BCUT2D eigenvalue weighted by atomic mass is 9.95. The number of carbonyl (C=O) groups is 2. The van der Waals surface area contributed by atoms with Gasteiger partial charge in [0.25, 0.3) is 0 Å². The van der Waals surface area contributed by atoms with Crippen LogP contribution in [0.4, 0.5) is 10.1 Å². The van der Waals surface area contributed by atoms with Crippen molar-refractivity contribution in [3.05, 3.63) is 30.1 Å². The number of anilines is 1. The number of halogens is 1. The Morgan fingerprint density at radius 2 is 1.59 bits per heavy atom. The molecule has 0 spiro atoms. The molecule has 146 valence electrons. The van der Waals surface area contributed by atoms with Gasteiger partial charge in [0.2, 0.25) is 11.8 Å². The molecule has 0 aromatic heterocycles. The highest BCUT2D eigenvalue weighted by molar-refractivity contribution is 5.92. The van der Waals surface area contributed by atoms with Crippen LogP contribution in [0.15, 0.2) is 24.3 Å². The van der Waals surface area contributed by atoms with Crippen molar-refractivity contribution in [3.8, 4) is 0 Å². The molecular weight excluding hydrogens is 345 g/mol. The minimum atomic E-state index is -0.237. The number of nitrogens with one attached hydrogen (secondary N) is 1. The Morgan fingerprint density at radius 3 is 2.26 bits per heavy atom. The summed E-state index contributed by atoms with van der Waals surface area (Å²) in [7, 11) is 0. The third-order valence-corrected chi connectivity index (χ3v) is 6.18. The number of rotatable bonds is 4. The number of piperazine rings is 1. The summed E-state index contributed by atoms with van der Waals surface area (Å²) in [5, 5.41) is 3.15. The van der Waals surface area contributed by atoms with Gasteiger partial charge < -0.3 is 15.1 Å². The second-order valence-electron chi connectivity index (χ2n) is 8.08. The fourth-order valence-electron chi connectivity index (χ4n) is 4.38. The standard InChI is InChI=1S/C21H28FN3O2/c22-15-6-8-17(9-7-15)24-10-12-25(13-11-24)21(27)19-14-18(19)20(26)23-16-4-2-1-3-5-16/h6-9,16,18-19H,1-5,10-14H2,(H,23,26). The first-order valence-electron chi connectivity index (χ1n) is 10.2. The zero-order valence-corrected chi connectivity index (χ0v) is 15.7. The van der Waals surface area contributed by atoms with Gasteiger partial charge in [0.1, 0.15) is 5.82 Å². The van der Waals surface area contributed by atoms with E-state index in [0.717, 1.165) is 31.6 Å². The molecule has 3 aliphatic rings. The van der Waals surface area contributed by atoms with Crippen molar-refractivity contribution >= 4 is 17.5 Å². The van der Waals surface area contributed by atoms with Gasteiger partial charge in [-0.1, -0.05) is 19.3 Å². The van der Waals surface area contributed by atoms with Crippen LogP contribution in [0.2, 0.25) is 0 Å². The summed E-state index contributed by atoms with van der Waals surface area (Å²) >= 11 is 0. The average molecular weight is 373 g/mol. The fourth-order valence-corrected chi connectivity index (χ4v) is 4.38. The zero-order chi connectivity index (χ0) is 18.8. The van der Waals surface area contributed by atoms with Gasteiger partial charge in [-0.2, -0.15) is 0 Å². The van der Waals surface area contributed by atoms with Crippen molar-refractivity contribution in [2.45, 2.75) is 44.6 Å². The van der Waals surface area contributed by atoms with E-state index in [1.807, 2.05) is 4.90 Å². The van der Waals surface area contributed by atoms with Crippen LogP contribution in [-0.4, -0.2) is 48.9 Å². The first-order valence-corrected chi connectivity index (χ1v) is 10.2. The average Bonchev–Trinajstić information content (AvgIpc) is 3.50. The van der Waals surface area contributed by atoms with Crippen LogP contribution < -0.4 is 10.2 Å². The lowest BCUT2D eigenvalue weighted by Crippen LogP contribution is -2.49. The topological polar surface area (TPSA) is 52.7 Å². The summed E-state index contributed by atoms with van der Waals surface area (Å²) in [6.45, 7) is 2.79. The third kappa shape index (κ3) is 4.25. The van der Waals surface area contributed by atoms with Gasteiger partial charge in [0.15, 0.2) is 0 Å². The van der Waals surface area contributed by atoms with Crippen LogP contribution in [0.5, 0.6) is 0 Å². The Balaban J connectivity index is 1.24. The molecule has 27 heavy (non-hydrogen) atoms. The molecule has 6 heteroatoms.